The maximum absolute atomic E-state index is 13.7. The van der Waals surface area contributed by atoms with E-state index in [0.29, 0.717) is 67.4 Å². The molecule has 0 aliphatic carbocycles. The quantitative estimate of drug-likeness (QED) is 0.129. The first-order valence-electron chi connectivity index (χ1n) is 16.6. The van der Waals surface area contributed by atoms with Gasteiger partial charge in [0.1, 0.15) is 0 Å². The minimum absolute atomic E-state index is 0.0145. The SMILES string of the molecule is N#CN=c1c2cc(-c3cc(C(F)(F)F)cc(C(F)(F)F)c3)ccc2c2c1ccc1c2ccc2c(=NC#N)c3cc(-c4cc(C(F)(F)F)cc(C(F)(F)F)c4)ccc3c21. The van der Waals surface area contributed by atoms with Gasteiger partial charge >= 0.3 is 24.7 Å². The van der Waals surface area contributed by atoms with Gasteiger partial charge in [-0.3, -0.25) is 0 Å². The molecule has 0 amide bonds. The first kappa shape index (κ1) is 38.0. The summed E-state index contributed by atoms with van der Waals surface area (Å²) in [5, 5.41) is 23.7. The molecule has 8 rings (SSSR count). The molecule has 0 aliphatic rings. The third-order valence-corrected chi connectivity index (χ3v) is 9.96. The van der Waals surface area contributed by atoms with E-state index in [9.17, 15) is 63.2 Å². The number of alkyl halides is 12. The lowest BCUT2D eigenvalue weighted by atomic mass is 9.96. The van der Waals surface area contributed by atoms with Gasteiger partial charge in [-0.2, -0.15) is 73.2 Å². The minimum atomic E-state index is -5.09. The van der Waals surface area contributed by atoms with Gasteiger partial charge in [-0.1, -0.05) is 48.5 Å². The fourth-order valence-corrected chi connectivity index (χ4v) is 7.53. The lowest BCUT2D eigenvalue weighted by Crippen LogP contribution is -2.11. The van der Waals surface area contributed by atoms with E-state index in [2.05, 4.69) is 9.98 Å². The molecule has 0 saturated heterocycles. The molecule has 0 aliphatic heterocycles. The summed E-state index contributed by atoms with van der Waals surface area (Å²) < 4.78 is 164. The summed E-state index contributed by atoms with van der Waals surface area (Å²) in [6.45, 7) is 0. The second-order valence-electron chi connectivity index (χ2n) is 13.3. The van der Waals surface area contributed by atoms with Crippen LogP contribution in [0.1, 0.15) is 22.3 Å². The Morgan fingerprint density at radius 1 is 0.328 bits per heavy atom. The van der Waals surface area contributed by atoms with E-state index in [-0.39, 0.29) is 55.9 Å². The van der Waals surface area contributed by atoms with Gasteiger partial charge in [-0.15, -0.1) is 0 Å². The number of nitrogens with zero attached hydrogens (tertiary/aromatic N) is 4. The van der Waals surface area contributed by atoms with Gasteiger partial charge < -0.3 is 0 Å². The molecule has 0 heterocycles. The van der Waals surface area contributed by atoms with Crippen molar-refractivity contribution in [3.8, 4) is 34.6 Å². The Bertz CT molecular complexity index is 2970. The van der Waals surface area contributed by atoms with E-state index in [0.717, 1.165) is 0 Å². The van der Waals surface area contributed by atoms with Crippen LogP contribution in [0.15, 0.2) is 107 Å². The second kappa shape index (κ2) is 12.8. The van der Waals surface area contributed by atoms with Crippen molar-refractivity contribution in [1.82, 2.24) is 0 Å². The minimum Gasteiger partial charge on any atom is -0.172 e. The van der Waals surface area contributed by atoms with Gasteiger partial charge in [-0.25, -0.2) is 0 Å². The predicted octanol–water partition coefficient (Wildman–Crippen LogP) is 12.5. The first-order chi connectivity index (χ1) is 27.2. The molecule has 0 aromatic heterocycles. The van der Waals surface area contributed by atoms with Crippen LogP contribution >= 0.6 is 0 Å². The van der Waals surface area contributed by atoms with Gasteiger partial charge in [0, 0.05) is 21.5 Å². The smallest absolute Gasteiger partial charge is 0.172 e. The number of hydrogen-bond donors (Lipinski definition) is 0. The molecule has 0 atom stereocenters. The average Bonchev–Trinajstić information content (AvgIpc) is 3.65. The Hall–Kier alpha value is -6.94. The molecule has 0 spiro atoms. The van der Waals surface area contributed by atoms with Crippen LogP contribution in [0.2, 0.25) is 0 Å². The summed E-state index contributed by atoms with van der Waals surface area (Å²) in [5.74, 6) is 0. The molecule has 58 heavy (non-hydrogen) atoms. The Kier molecular flexibility index (Phi) is 8.37. The van der Waals surface area contributed by atoms with E-state index in [1.54, 1.807) is 36.7 Å². The fourth-order valence-electron chi connectivity index (χ4n) is 7.53. The monoisotopic (exact) mass is 804 g/mol. The first-order valence-corrected chi connectivity index (χ1v) is 16.6. The van der Waals surface area contributed by atoms with Crippen molar-refractivity contribution < 1.29 is 52.7 Å². The van der Waals surface area contributed by atoms with E-state index < -0.39 is 47.0 Å². The zero-order chi connectivity index (χ0) is 41.7. The van der Waals surface area contributed by atoms with Crippen molar-refractivity contribution in [2.24, 2.45) is 9.98 Å². The molecule has 0 unspecified atom stereocenters. The third-order valence-electron chi connectivity index (χ3n) is 9.96. The molecule has 16 heteroatoms. The van der Waals surface area contributed by atoms with Crippen LogP contribution in [-0.4, -0.2) is 0 Å². The third kappa shape index (κ3) is 6.21. The topological polar surface area (TPSA) is 72.3 Å². The van der Waals surface area contributed by atoms with Crippen LogP contribution in [0, 0.1) is 22.9 Å². The lowest BCUT2D eigenvalue weighted by molar-refractivity contribution is -0.144. The van der Waals surface area contributed by atoms with Gasteiger partial charge in [0.25, 0.3) is 0 Å². The van der Waals surface area contributed by atoms with Gasteiger partial charge in [0.05, 0.1) is 33.0 Å². The van der Waals surface area contributed by atoms with Crippen molar-refractivity contribution in [3.63, 3.8) is 0 Å². The number of nitriles is 2. The van der Waals surface area contributed by atoms with E-state index in [1.165, 1.54) is 36.4 Å². The van der Waals surface area contributed by atoms with Crippen molar-refractivity contribution in [2.45, 2.75) is 24.7 Å². The van der Waals surface area contributed by atoms with Crippen molar-refractivity contribution in [3.05, 3.63) is 130 Å². The summed E-state index contributed by atoms with van der Waals surface area (Å²) in [7, 11) is 0. The normalized spacial score (nSPS) is 13.7. The van der Waals surface area contributed by atoms with Crippen molar-refractivity contribution in [2.75, 3.05) is 0 Å². The summed E-state index contributed by atoms with van der Waals surface area (Å²) in [5.41, 5.74) is -6.88. The molecule has 0 saturated carbocycles. The highest BCUT2D eigenvalue weighted by molar-refractivity contribution is 6.31. The second-order valence-corrected chi connectivity index (χ2v) is 13.3. The van der Waals surface area contributed by atoms with Crippen LogP contribution in [0.4, 0.5) is 52.7 Å². The molecule has 0 bridgehead atoms. The van der Waals surface area contributed by atoms with E-state index >= 15 is 0 Å². The fraction of sp³-hybridized carbons (Fsp3) is 0.0952. The summed E-state index contributed by atoms with van der Waals surface area (Å²) in [6, 6.07) is 17.2. The highest BCUT2D eigenvalue weighted by Crippen LogP contribution is 2.43. The highest BCUT2D eigenvalue weighted by atomic mass is 19.4. The van der Waals surface area contributed by atoms with Crippen LogP contribution in [-0.2, 0) is 24.7 Å². The zero-order valence-electron chi connectivity index (χ0n) is 28.6. The summed E-state index contributed by atoms with van der Waals surface area (Å²) >= 11 is 0. The molecule has 8 aromatic rings. The Labute approximate surface area is 316 Å². The van der Waals surface area contributed by atoms with Gasteiger partial charge in [0.2, 0.25) is 12.4 Å². The number of benzene rings is 6. The Balaban J connectivity index is 1.39. The maximum atomic E-state index is 13.7. The molecule has 288 valence electrons. The molecular formula is C42H16F12N4. The predicted molar refractivity (Wildman–Crippen MR) is 190 cm³/mol. The van der Waals surface area contributed by atoms with Gasteiger partial charge in [-0.05, 0) is 103 Å². The Morgan fingerprint density at radius 3 is 0.897 bits per heavy atom. The average molecular weight is 805 g/mol. The van der Waals surface area contributed by atoms with Crippen LogP contribution in [0.5, 0.6) is 0 Å². The lowest BCUT2D eigenvalue weighted by Gasteiger charge is -2.14. The van der Waals surface area contributed by atoms with Crippen LogP contribution in [0.3, 0.4) is 0 Å². The standard InChI is InChI=1S/C42H16F12N4/c43-39(44,45)23-9-21(10-24(15-23)40(46,47)48)19-1-3-29-33(13-19)37(57-17-55)31-7-6-28-27(35(29)31)5-8-32-36(28)30-4-2-20(14-34(30)38(32)58-18-56)22-11-25(41(49,50)51)16-26(12-22)42(52,53)54/h1-16H. The molecule has 0 N–H and O–H groups in total. The van der Waals surface area contributed by atoms with E-state index in [1.807, 2.05) is 0 Å². The number of halogens is 12. The van der Waals surface area contributed by atoms with Crippen molar-refractivity contribution >= 4 is 53.9 Å². The number of fused-ring (bicyclic) bond motifs is 9. The van der Waals surface area contributed by atoms with E-state index in [4.69, 9.17) is 0 Å². The van der Waals surface area contributed by atoms with Crippen LogP contribution in [0.25, 0.3) is 76.1 Å². The number of hydrogen-bond acceptors (Lipinski definition) is 4. The van der Waals surface area contributed by atoms with Crippen molar-refractivity contribution in [1.29, 1.82) is 10.5 Å². The zero-order valence-corrected chi connectivity index (χ0v) is 28.6. The molecular weight excluding hydrogens is 788 g/mol. The van der Waals surface area contributed by atoms with Gasteiger partial charge in [0.15, 0.2) is 0 Å². The number of rotatable bonds is 2. The summed E-state index contributed by atoms with van der Waals surface area (Å²) in [4.78, 5) is 7.91. The summed E-state index contributed by atoms with van der Waals surface area (Å²) in [6.07, 6.45) is -17.0. The molecule has 0 fully saturated rings. The van der Waals surface area contributed by atoms with Crippen LogP contribution < -0.4 is 10.7 Å². The Morgan fingerprint density at radius 2 is 0.603 bits per heavy atom. The molecule has 8 aromatic carbocycles. The largest absolute Gasteiger partial charge is 0.416 e. The maximum Gasteiger partial charge on any atom is 0.416 e. The molecule has 4 nitrogen and oxygen atoms in total. The molecule has 0 radical (unpaired) electrons. The highest BCUT2D eigenvalue weighted by Gasteiger charge is 2.38.